The first-order chi connectivity index (χ1) is 12.6. The standard InChI is InChI=1S/C19H20FN3O2S/c20-13-6-4-5-8-15(13)23-11-12(10-17(23)24)18(25)22-19-21-14-7-2-1-3-9-16(14)26-19/h4-6,8,12H,1-3,7,9-11H2,(H,21,22,25)/t12-/m1/s1. The second kappa shape index (κ2) is 7.15. The van der Waals surface area contributed by atoms with Crippen LogP contribution in [0.25, 0.3) is 0 Å². The first-order valence-electron chi connectivity index (χ1n) is 8.96. The van der Waals surface area contributed by atoms with Crippen LogP contribution in [0, 0.1) is 11.7 Å². The van der Waals surface area contributed by atoms with Crippen molar-refractivity contribution < 1.29 is 14.0 Å². The maximum atomic E-state index is 14.0. The number of amides is 2. The number of benzene rings is 1. The van der Waals surface area contributed by atoms with Crippen LogP contribution >= 0.6 is 11.3 Å². The SMILES string of the molecule is O=C(Nc1nc2c(s1)CCCCC2)[C@@H]1CC(=O)N(c2ccccc2F)C1. The Morgan fingerprint density at radius 2 is 2.04 bits per heavy atom. The van der Waals surface area contributed by atoms with Gasteiger partial charge in [-0.2, -0.15) is 0 Å². The summed E-state index contributed by atoms with van der Waals surface area (Å²) >= 11 is 1.53. The number of carbonyl (C=O) groups excluding carboxylic acids is 2. The fraction of sp³-hybridized carbons (Fsp3) is 0.421. The van der Waals surface area contributed by atoms with Gasteiger partial charge >= 0.3 is 0 Å². The number of aryl methyl sites for hydroxylation is 2. The van der Waals surface area contributed by atoms with E-state index >= 15 is 0 Å². The van der Waals surface area contributed by atoms with Gasteiger partial charge in [0.15, 0.2) is 5.13 Å². The number of nitrogens with one attached hydrogen (secondary N) is 1. The summed E-state index contributed by atoms with van der Waals surface area (Å²) in [6.45, 7) is 0.191. The molecule has 1 N–H and O–H groups in total. The number of thiazole rings is 1. The first kappa shape index (κ1) is 17.1. The van der Waals surface area contributed by atoms with Crippen LogP contribution in [0.4, 0.5) is 15.2 Å². The summed E-state index contributed by atoms with van der Waals surface area (Å²) in [5, 5.41) is 3.47. The van der Waals surface area contributed by atoms with E-state index in [1.165, 1.54) is 33.6 Å². The molecule has 1 saturated heterocycles. The maximum Gasteiger partial charge on any atom is 0.231 e. The Balaban J connectivity index is 1.45. The van der Waals surface area contributed by atoms with Crippen LogP contribution in [0.1, 0.15) is 36.3 Å². The molecule has 2 heterocycles. The highest BCUT2D eigenvalue weighted by atomic mass is 32.1. The van der Waals surface area contributed by atoms with Crippen molar-refractivity contribution in [2.24, 2.45) is 5.92 Å². The lowest BCUT2D eigenvalue weighted by atomic mass is 10.1. The quantitative estimate of drug-likeness (QED) is 0.837. The summed E-state index contributed by atoms with van der Waals surface area (Å²) < 4.78 is 14.0. The van der Waals surface area contributed by atoms with Gasteiger partial charge in [-0.3, -0.25) is 9.59 Å². The van der Waals surface area contributed by atoms with E-state index in [2.05, 4.69) is 10.3 Å². The molecule has 0 bridgehead atoms. The van der Waals surface area contributed by atoms with Gasteiger partial charge in [-0.05, 0) is 37.8 Å². The zero-order valence-electron chi connectivity index (χ0n) is 14.3. The van der Waals surface area contributed by atoms with Crippen molar-refractivity contribution in [1.29, 1.82) is 0 Å². The van der Waals surface area contributed by atoms with Crippen LogP contribution in [0.15, 0.2) is 24.3 Å². The van der Waals surface area contributed by atoms with Gasteiger partial charge in [0.1, 0.15) is 5.82 Å². The number of para-hydroxylation sites is 1. The fourth-order valence-corrected chi connectivity index (χ4v) is 4.63. The van der Waals surface area contributed by atoms with Crippen LogP contribution in [0.5, 0.6) is 0 Å². The molecule has 5 nitrogen and oxygen atoms in total. The van der Waals surface area contributed by atoms with Gasteiger partial charge in [0.2, 0.25) is 11.8 Å². The second-order valence-electron chi connectivity index (χ2n) is 6.80. The van der Waals surface area contributed by atoms with E-state index < -0.39 is 11.7 Å². The maximum absolute atomic E-state index is 14.0. The molecule has 1 aliphatic heterocycles. The van der Waals surface area contributed by atoms with Gasteiger partial charge in [0.25, 0.3) is 0 Å². The lowest BCUT2D eigenvalue weighted by molar-refractivity contribution is -0.122. The van der Waals surface area contributed by atoms with Crippen molar-refractivity contribution in [2.75, 3.05) is 16.8 Å². The first-order valence-corrected chi connectivity index (χ1v) is 9.78. The minimum absolute atomic E-state index is 0.0885. The van der Waals surface area contributed by atoms with Gasteiger partial charge in [-0.25, -0.2) is 9.37 Å². The van der Waals surface area contributed by atoms with E-state index in [1.54, 1.807) is 18.2 Å². The number of rotatable bonds is 3. The Morgan fingerprint density at radius 3 is 2.88 bits per heavy atom. The predicted octanol–water partition coefficient (Wildman–Crippen LogP) is 3.54. The van der Waals surface area contributed by atoms with Gasteiger partial charge in [-0.1, -0.05) is 18.6 Å². The predicted molar refractivity (Wildman–Crippen MR) is 98.9 cm³/mol. The topological polar surface area (TPSA) is 62.3 Å². The molecular weight excluding hydrogens is 353 g/mol. The molecule has 26 heavy (non-hydrogen) atoms. The molecule has 136 valence electrons. The number of halogens is 1. The molecule has 0 radical (unpaired) electrons. The molecule has 4 rings (SSSR count). The van der Waals surface area contributed by atoms with Crippen molar-refractivity contribution in [3.63, 3.8) is 0 Å². The number of hydrogen-bond acceptors (Lipinski definition) is 4. The normalized spacial score (nSPS) is 20.0. The van der Waals surface area contributed by atoms with Gasteiger partial charge in [0, 0.05) is 17.8 Å². The zero-order valence-corrected chi connectivity index (χ0v) is 15.2. The third kappa shape index (κ3) is 3.35. The number of aromatic nitrogens is 1. The van der Waals surface area contributed by atoms with E-state index in [-0.39, 0.29) is 30.5 Å². The van der Waals surface area contributed by atoms with Gasteiger partial charge in [0.05, 0.1) is 17.3 Å². The summed E-state index contributed by atoms with van der Waals surface area (Å²) in [5.41, 5.74) is 1.33. The van der Waals surface area contributed by atoms with E-state index in [9.17, 15) is 14.0 Å². The summed E-state index contributed by atoms with van der Waals surface area (Å²) in [5.74, 6) is -1.40. The molecule has 1 fully saturated rings. The van der Waals surface area contributed by atoms with Crippen molar-refractivity contribution in [3.05, 3.63) is 40.7 Å². The smallest absolute Gasteiger partial charge is 0.231 e. The van der Waals surface area contributed by atoms with E-state index in [1.807, 2.05) is 0 Å². The molecule has 2 aromatic rings. The average molecular weight is 373 g/mol. The largest absolute Gasteiger partial charge is 0.309 e. The molecule has 0 spiro atoms. The Hall–Kier alpha value is -2.28. The highest BCUT2D eigenvalue weighted by Gasteiger charge is 2.36. The van der Waals surface area contributed by atoms with Crippen molar-refractivity contribution in [1.82, 2.24) is 4.98 Å². The lowest BCUT2D eigenvalue weighted by Gasteiger charge is -2.17. The lowest BCUT2D eigenvalue weighted by Crippen LogP contribution is -2.28. The highest BCUT2D eigenvalue weighted by molar-refractivity contribution is 7.15. The molecule has 2 aliphatic rings. The number of anilines is 2. The molecule has 1 aromatic heterocycles. The number of hydrogen-bond donors (Lipinski definition) is 1. The summed E-state index contributed by atoms with van der Waals surface area (Å²) in [7, 11) is 0. The van der Waals surface area contributed by atoms with E-state index in [0.717, 1.165) is 31.4 Å². The summed E-state index contributed by atoms with van der Waals surface area (Å²) in [6.07, 6.45) is 5.60. The third-order valence-electron chi connectivity index (χ3n) is 4.96. The molecule has 0 saturated carbocycles. The molecule has 1 atom stereocenters. The monoisotopic (exact) mass is 373 g/mol. The summed E-state index contributed by atoms with van der Waals surface area (Å²) in [6, 6.07) is 6.14. The van der Waals surface area contributed by atoms with Crippen molar-refractivity contribution in [2.45, 2.75) is 38.5 Å². The van der Waals surface area contributed by atoms with Gasteiger partial charge in [-0.15, -0.1) is 11.3 Å². The van der Waals surface area contributed by atoms with Gasteiger partial charge < -0.3 is 10.2 Å². The molecule has 0 unspecified atom stereocenters. The van der Waals surface area contributed by atoms with Crippen LogP contribution in [-0.2, 0) is 22.4 Å². The van der Waals surface area contributed by atoms with E-state index in [0.29, 0.717) is 5.13 Å². The van der Waals surface area contributed by atoms with E-state index in [4.69, 9.17) is 0 Å². The molecule has 2 amide bonds. The molecule has 1 aromatic carbocycles. The number of fused-ring (bicyclic) bond motifs is 1. The molecular formula is C19H20FN3O2S. The Labute approximate surface area is 155 Å². The Bertz CT molecular complexity index is 828. The molecule has 7 heteroatoms. The number of nitrogens with zero attached hydrogens (tertiary/aromatic N) is 2. The minimum atomic E-state index is -0.495. The fourth-order valence-electron chi connectivity index (χ4n) is 3.58. The minimum Gasteiger partial charge on any atom is -0.309 e. The van der Waals surface area contributed by atoms with Crippen molar-refractivity contribution in [3.8, 4) is 0 Å². The van der Waals surface area contributed by atoms with Crippen LogP contribution in [0.3, 0.4) is 0 Å². The summed E-state index contributed by atoms with van der Waals surface area (Å²) in [4.78, 5) is 32.0. The molecule has 1 aliphatic carbocycles. The average Bonchev–Trinajstić information content (AvgIpc) is 3.12. The van der Waals surface area contributed by atoms with Crippen molar-refractivity contribution >= 4 is 34.0 Å². The Kier molecular flexibility index (Phi) is 4.72. The van der Waals surface area contributed by atoms with Crippen LogP contribution < -0.4 is 10.2 Å². The highest BCUT2D eigenvalue weighted by Crippen LogP contribution is 2.31. The van der Waals surface area contributed by atoms with Crippen LogP contribution in [-0.4, -0.2) is 23.3 Å². The number of carbonyl (C=O) groups is 2. The second-order valence-corrected chi connectivity index (χ2v) is 7.88. The van der Waals surface area contributed by atoms with Crippen LogP contribution in [0.2, 0.25) is 0 Å². The third-order valence-corrected chi connectivity index (χ3v) is 6.04. The Morgan fingerprint density at radius 1 is 1.23 bits per heavy atom. The zero-order chi connectivity index (χ0) is 18.1.